The predicted molar refractivity (Wildman–Crippen MR) is 145 cm³/mol. The van der Waals surface area contributed by atoms with E-state index >= 15 is 0 Å². The molecule has 39 heavy (non-hydrogen) atoms. The number of rotatable bonds is 7. The quantitative estimate of drug-likeness (QED) is 0.314. The average molecular weight is 536 g/mol. The number of hydrogen-bond acceptors (Lipinski definition) is 6. The van der Waals surface area contributed by atoms with E-state index in [1.54, 1.807) is 12.1 Å². The molecule has 0 atom stereocenters. The molecule has 8 heteroatoms. The van der Waals surface area contributed by atoms with E-state index in [1.807, 2.05) is 51.1 Å². The lowest BCUT2D eigenvalue weighted by Crippen LogP contribution is -2.51. The maximum Gasteiger partial charge on any atom is 0.312 e. The number of likely N-dealkylation sites (tertiary alicyclic amines) is 1. The van der Waals surface area contributed by atoms with Crippen LogP contribution in [-0.2, 0) is 21.5 Å². The molecule has 1 aliphatic carbocycles. The fraction of sp³-hybridized carbons (Fsp3) is 0.452. The van der Waals surface area contributed by atoms with Crippen LogP contribution in [0.15, 0.2) is 53.1 Å². The van der Waals surface area contributed by atoms with E-state index in [9.17, 15) is 13.6 Å². The van der Waals surface area contributed by atoms with Crippen LogP contribution in [0.1, 0.15) is 69.9 Å². The molecule has 2 aromatic carbocycles. The van der Waals surface area contributed by atoms with Crippen LogP contribution in [0.25, 0.3) is 17.5 Å². The first-order valence-corrected chi connectivity index (χ1v) is 13.6. The minimum atomic E-state index is -0.837. The molecule has 0 spiro atoms. The fourth-order valence-electron chi connectivity index (χ4n) is 5.44. The molecule has 3 aromatic rings. The monoisotopic (exact) mass is 535 g/mol. The number of allylic oxidation sites excluding steroid dienone is 1. The zero-order valence-corrected chi connectivity index (χ0v) is 22.8. The van der Waals surface area contributed by atoms with Crippen molar-refractivity contribution in [2.24, 2.45) is 5.92 Å². The molecule has 1 saturated heterocycles. The van der Waals surface area contributed by atoms with Gasteiger partial charge in [-0.15, -0.1) is 0 Å². The van der Waals surface area contributed by atoms with Gasteiger partial charge < -0.3 is 9.26 Å². The molecule has 2 aliphatic rings. The summed E-state index contributed by atoms with van der Waals surface area (Å²) in [5, 5.41) is 4.14. The Morgan fingerprint density at radius 3 is 2.46 bits per heavy atom. The summed E-state index contributed by atoms with van der Waals surface area (Å²) in [5.74, 6) is -1.00. The van der Waals surface area contributed by atoms with Gasteiger partial charge >= 0.3 is 5.97 Å². The second-order valence-electron chi connectivity index (χ2n) is 11.8. The molecule has 1 saturated carbocycles. The highest BCUT2D eigenvalue weighted by molar-refractivity contribution is 5.74. The Bertz CT molecular complexity index is 1330. The van der Waals surface area contributed by atoms with Gasteiger partial charge in [0.1, 0.15) is 5.60 Å². The molecule has 0 unspecified atom stereocenters. The van der Waals surface area contributed by atoms with Crippen molar-refractivity contribution in [1.82, 2.24) is 15.0 Å². The normalized spacial score (nSPS) is 18.3. The Labute approximate surface area is 228 Å². The van der Waals surface area contributed by atoms with Gasteiger partial charge in [0.2, 0.25) is 5.82 Å². The van der Waals surface area contributed by atoms with Gasteiger partial charge in [0.15, 0.2) is 11.6 Å². The number of ether oxygens (including phenoxy) is 1. The maximum absolute atomic E-state index is 14.0. The first kappa shape index (κ1) is 27.2. The number of benzene rings is 2. The lowest BCUT2D eigenvalue weighted by molar-refractivity contribution is -0.166. The summed E-state index contributed by atoms with van der Waals surface area (Å²) < 4.78 is 38.5. The predicted octanol–water partition coefficient (Wildman–Crippen LogP) is 6.70. The Balaban J connectivity index is 1.21. The number of halogens is 2. The van der Waals surface area contributed by atoms with Crippen molar-refractivity contribution in [1.29, 1.82) is 0 Å². The van der Waals surface area contributed by atoms with Gasteiger partial charge in [-0.3, -0.25) is 9.69 Å². The third kappa shape index (κ3) is 6.44. The zero-order valence-electron chi connectivity index (χ0n) is 22.8. The summed E-state index contributed by atoms with van der Waals surface area (Å²) in [5.41, 5.74) is 1.90. The molecule has 1 aromatic heterocycles. The summed E-state index contributed by atoms with van der Waals surface area (Å²) in [4.78, 5) is 18.9. The zero-order chi connectivity index (χ0) is 27.6. The molecular weight excluding hydrogens is 500 g/mol. The first-order valence-electron chi connectivity index (χ1n) is 13.6. The molecule has 0 radical (unpaired) electrons. The van der Waals surface area contributed by atoms with Crippen molar-refractivity contribution in [3.05, 3.63) is 77.2 Å². The summed E-state index contributed by atoms with van der Waals surface area (Å²) in [6.07, 6.45) is 8.67. The van der Waals surface area contributed by atoms with E-state index in [4.69, 9.17) is 9.26 Å². The fourth-order valence-corrected chi connectivity index (χ4v) is 5.44. The molecule has 0 N–H and O–H groups in total. The first-order chi connectivity index (χ1) is 18.6. The van der Waals surface area contributed by atoms with E-state index in [1.165, 1.54) is 12.1 Å². The van der Waals surface area contributed by atoms with Gasteiger partial charge in [0.25, 0.3) is 5.89 Å². The van der Waals surface area contributed by atoms with E-state index in [0.717, 1.165) is 55.3 Å². The summed E-state index contributed by atoms with van der Waals surface area (Å²) in [6.45, 7) is 7.80. The molecule has 6 nitrogen and oxygen atoms in total. The Morgan fingerprint density at radius 1 is 1.08 bits per heavy atom. The van der Waals surface area contributed by atoms with Gasteiger partial charge in [0, 0.05) is 36.7 Å². The van der Waals surface area contributed by atoms with Crippen LogP contribution in [0.4, 0.5) is 8.78 Å². The van der Waals surface area contributed by atoms with E-state index in [0.29, 0.717) is 24.8 Å². The van der Waals surface area contributed by atoms with E-state index in [-0.39, 0.29) is 17.3 Å². The largest absolute Gasteiger partial charge is 0.460 e. The van der Waals surface area contributed by atoms with Gasteiger partial charge in [-0.05, 0) is 56.9 Å². The lowest BCUT2D eigenvalue weighted by Gasteiger charge is -2.38. The molecule has 206 valence electrons. The highest BCUT2D eigenvalue weighted by Gasteiger charge is 2.35. The minimum Gasteiger partial charge on any atom is -0.460 e. The van der Waals surface area contributed by atoms with Crippen molar-refractivity contribution in [2.45, 2.75) is 70.4 Å². The number of carbonyl (C=O) groups excluding carboxylic acids is 1. The Kier molecular flexibility index (Phi) is 7.67. The van der Waals surface area contributed by atoms with Gasteiger partial charge in [0.05, 0.1) is 5.92 Å². The smallest absolute Gasteiger partial charge is 0.312 e. The van der Waals surface area contributed by atoms with Crippen molar-refractivity contribution < 1.29 is 22.8 Å². The standard InChI is InChI=1S/C31H35F2N3O3/c1-30(2,3)38-29(37)23-19-36(20-23)18-21-7-9-22(10-8-21)28-34-27(39-35-28)13-16-31(14-5-4-6-15-31)24-11-12-25(32)26(33)17-24/h7-13,16-17,23H,4-6,14-15,18-20H2,1-3H3. The van der Waals surface area contributed by atoms with Gasteiger partial charge in [-0.25, -0.2) is 8.78 Å². The second kappa shape index (κ2) is 11.0. The van der Waals surface area contributed by atoms with Crippen LogP contribution in [0.3, 0.4) is 0 Å². The molecular formula is C31H35F2N3O3. The van der Waals surface area contributed by atoms with Gasteiger partial charge in [-0.2, -0.15) is 4.98 Å². The summed E-state index contributed by atoms with van der Waals surface area (Å²) in [6, 6.07) is 12.2. The molecule has 0 amide bonds. The highest BCUT2D eigenvalue weighted by atomic mass is 19.2. The van der Waals surface area contributed by atoms with Crippen LogP contribution in [0.2, 0.25) is 0 Å². The molecule has 0 bridgehead atoms. The topological polar surface area (TPSA) is 68.5 Å². The Morgan fingerprint density at radius 2 is 1.79 bits per heavy atom. The van der Waals surface area contributed by atoms with Crippen molar-refractivity contribution in [3.63, 3.8) is 0 Å². The van der Waals surface area contributed by atoms with Crippen LogP contribution in [0, 0.1) is 17.6 Å². The second-order valence-corrected chi connectivity index (χ2v) is 11.8. The highest BCUT2D eigenvalue weighted by Crippen LogP contribution is 2.41. The molecule has 1 aliphatic heterocycles. The summed E-state index contributed by atoms with van der Waals surface area (Å²) >= 11 is 0. The van der Waals surface area contributed by atoms with Crippen LogP contribution < -0.4 is 0 Å². The number of aromatic nitrogens is 2. The van der Waals surface area contributed by atoms with E-state index < -0.39 is 17.2 Å². The minimum absolute atomic E-state index is 0.0656. The molecule has 2 heterocycles. The van der Waals surface area contributed by atoms with Crippen molar-refractivity contribution in [2.75, 3.05) is 13.1 Å². The van der Waals surface area contributed by atoms with E-state index in [2.05, 4.69) is 15.0 Å². The number of nitrogens with zero attached hydrogens (tertiary/aromatic N) is 3. The molecule has 5 rings (SSSR count). The van der Waals surface area contributed by atoms with Crippen molar-refractivity contribution >= 4 is 12.0 Å². The number of esters is 1. The summed E-state index contributed by atoms with van der Waals surface area (Å²) in [7, 11) is 0. The number of hydrogen-bond donors (Lipinski definition) is 0. The van der Waals surface area contributed by atoms with Crippen molar-refractivity contribution in [3.8, 4) is 11.4 Å². The maximum atomic E-state index is 14.0. The van der Waals surface area contributed by atoms with Crippen LogP contribution >= 0.6 is 0 Å². The number of carbonyl (C=O) groups is 1. The third-order valence-corrected chi connectivity index (χ3v) is 7.54. The SMILES string of the molecule is CC(C)(C)OC(=O)C1CN(Cc2ccc(-c3noc(C=CC4(c5ccc(F)c(F)c5)CCCCC4)n3)cc2)C1. The Hall–Kier alpha value is -3.39. The molecule has 2 fully saturated rings. The van der Waals surface area contributed by atoms with Gasteiger partial charge in [-0.1, -0.05) is 60.8 Å². The van der Waals surface area contributed by atoms with Crippen LogP contribution in [-0.4, -0.2) is 39.7 Å². The van der Waals surface area contributed by atoms with Crippen LogP contribution in [0.5, 0.6) is 0 Å². The lowest BCUT2D eigenvalue weighted by atomic mass is 9.69. The third-order valence-electron chi connectivity index (χ3n) is 7.54. The average Bonchev–Trinajstić information content (AvgIpc) is 3.35.